The first-order chi connectivity index (χ1) is 10.7. The third-order valence-electron chi connectivity index (χ3n) is 3.25. The molecule has 1 aromatic carbocycles. The van der Waals surface area contributed by atoms with Crippen molar-refractivity contribution in [3.63, 3.8) is 0 Å². The number of ether oxygens (including phenoxy) is 2. The molecule has 0 N–H and O–H groups in total. The Morgan fingerprint density at radius 3 is 2.91 bits per heavy atom. The average molecular weight is 297 g/mol. The van der Waals surface area contributed by atoms with Gasteiger partial charge in [-0.1, -0.05) is 12.1 Å². The van der Waals surface area contributed by atoms with E-state index in [9.17, 15) is 4.79 Å². The third-order valence-corrected chi connectivity index (χ3v) is 3.25. The molecule has 0 amide bonds. The predicted molar refractivity (Wildman–Crippen MR) is 81.5 cm³/mol. The fourth-order valence-electron chi connectivity index (χ4n) is 2.15. The fraction of sp³-hybridized carbons (Fsp3) is 0.176. The highest BCUT2D eigenvalue weighted by Gasteiger charge is 2.22. The Kier molecular flexibility index (Phi) is 4.05. The Bertz CT molecular complexity index is 729. The molecule has 2 heterocycles. The molecule has 0 bridgehead atoms. The van der Waals surface area contributed by atoms with Crippen LogP contribution >= 0.6 is 0 Å². The first kappa shape index (κ1) is 14.1. The number of benzene rings is 1. The normalized spacial score (nSPS) is 15.8. The lowest BCUT2D eigenvalue weighted by Gasteiger charge is -2.03. The monoisotopic (exact) mass is 297 g/mol. The van der Waals surface area contributed by atoms with E-state index < -0.39 is 5.97 Å². The molecule has 1 aliphatic heterocycles. The first-order valence-corrected chi connectivity index (χ1v) is 6.92. The molecular weight excluding hydrogens is 282 g/mol. The van der Waals surface area contributed by atoms with Crippen molar-refractivity contribution < 1.29 is 18.7 Å². The Morgan fingerprint density at radius 2 is 2.14 bits per heavy atom. The number of carbonyl (C=O) groups excluding carboxylic acids is 1. The van der Waals surface area contributed by atoms with Gasteiger partial charge in [-0.3, -0.25) is 0 Å². The molecule has 0 atom stereocenters. The van der Waals surface area contributed by atoms with E-state index in [-0.39, 0.29) is 5.70 Å². The van der Waals surface area contributed by atoms with Crippen LogP contribution in [0.15, 0.2) is 57.8 Å². The minimum atomic E-state index is -0.447. The van der Waals surface area contributed by atoms with Gasteiger partial charge < -0.3 is 13.9 Å². The molecule has 0 spiro atoms. The van der Waals surface area contributed by atoms with Crippen LogP contribution in [-0.2, 0) is 16.0 Å². The summed E-state index contributed by atoms with van der Waals surface area (Å²) in [5, 5.41) is 0. The number of hydrogen-bond donors (Lipinski definition) is 0. The highest BCUT2D eigenvalue weighted by molar-refractivity contribution is 6.07. The van der Waals surface area contributed by atoms with Crippen LogP contribution < -0.4 is 4.74 Å². The van der Waals surface area contributed by atoms with Crippen LogP contribution in [0, 0.1) is 0 Å². The lowest BCUT2D eigenvalue weighted by atomic mass is 10.1. The number of nitrogens with zero attached hydrogens (tertiary/aromatic N) is 1. The van der Waals surface area contributed by atoms with Crippen molar-refractivity contribution in [2.45, 2.75) is 12.8 Å². The summed E-state index contributed by atoms with van der Waals surface area (Å²) in [6, 6.07) is 11.3. The van der Waals surface area contributed by atoms with E-state index in [1.54, 1.807) is 31.6 Å². The van der Waals surface area contributed by atoms with Gasteiger partial charge in [0.2, 0.25) is 0 Å². The van der Waals surface area contributed by atoms with Gasteiger partial charge in [0, 0.05) is 12.5 Å². The largest absolute Gasteiger partial charge is 0.497 e. The molecule has 0 saturated carbocycles. The van der Waals surface area contributed by atoms with Crippen molar-refractivity contribution in [3.8, 4) is 5.75 Å². The first-order valence-electron chi connectivity index (χ1n) is 6.92. The van der Waals surface area contributed by atoms with Gasteiger partial charge in [0.15, 0.2) is 11.6 Å². The van der Waals surface area contributed by atoms with Crippen LogP contribution in [0.25, 0.3) is 6.08 Å². The Labute approximate surface area is 127 Å². The van der Waals surface area contributed by atoms with E-state index in [0.717, 1.165) is 17.7 Å². The quantitative estimate of drug-likeness (QED) is 0.628. The van der Waals surface area contributed by atoms with Crippen LogP contribution in [0.1, 0.15) is 17.7 Å². The zero-order valence-electron chi connectivity index (χ0n) is 12.1. The molecule has 0 fully saturated rings. The summed E-state index contributed by atoms with van der Waals surface area (Å²) in [7, 11) is 1.63. The highest BCUT2D eigenvalue weighted by atomic mass is 16.6. The summed E-state index contributed by atoms with van der Waals surface area (Å²) in [6.45, 7) is 0. The molecule has 1 aliphatic rings. The smallest absolute Gasteiger partial charge is 0.363 e. The maximum Gasteiger partial charge on any atom is 0.363 e. The third kappa shape index (κ3) is 3.25. The summed E-state index contributed by atoms with van der Waals surface area (Å²) in [4.78, 5) is 16.0. The lowest BCUT2D eigenvalue weighted by molar-refractivity contribution is -0.130. The minimum absolute atomic E-state index is 0.260. The SMILES string of the molecule is COc1cccc(CCC2=N/C(=C/c3ccco3)C(=O)O2)c1. The van der Waals surface area contributed by atoms with Crippen molar-refractivity contribution in [3.05, 3.63) is 59.7 Å². The molecule has 3 rings (SSSR count). The minimum Gasteiger partial charge on any atom is -0.497 e. The van der Waals surface area contributed by atoms with Gasteiger partial charge in [0.05, 0.1) is 13.4 Å². The number of aliphatic imine (C=N–C) groups is 1. The van der Waals surface area contributed by atoms with Crippen LogP contribution in [-0.4, -0.2) is 19.0 Å². The van der Waals surface area contributed by atoms with E-state index in [4.69, 9.17) is 13.9 Å². The van der Waals surface area contributed by atoms with E-state index in [1.807, 2.05) is 24.3 Å². The van der Waals surface area contributed by atoms with Crippen molar-refractivity contribution in [2.24, 2.45) is 4.99 Å². The number of furan rings is 1. The number of carbonyl (C=O) groups is 1. The average Bonchev–Trinajstić information content (AvgIpc) is 3.16. The number of methoxy groups -OCH3 is 1. The number of cyclic esters (lactones) is 1. The lowest BCUT2D eigenvalue weighted by Crippen LogP contribution is -2.05. The maximum atomic E-state index is 11.8. The second kappa shape index (κ2) is 6.30. The Hall–Kier alpha value is -2.82. The summed E-state index contributed by atoms with van der Waals surface area (Å²) >= 11 is 0. The second-order valence-corrected chi connectivity index (χ2v) is 4.79. The Balaban J connectivity index is 1.67. The summed E-state index contributed by atoms with van der Waals surface area (Å²) < 4.78 is 15.5. The standard InChI is InChI=1S/C17H15NO4/c1-20-13-5-2-4-12(10-13)7-8-16-18-15(17(19)22-16)11-14-6-3-9-21-14/h2-6,9-11H,7-8H2,1H3/b15-11+. The van der Waals surface area contributed by atoms with Crippen LogP contribution in [0.2, 0.25) is 0 Å². The molecule has 0 unspecified atom stereocenters. The van der Waals surface area contributed by atoms with Crippen LogP contribution in [0.4, 0.5) is 0 Å². The van der Waals surface area contributed by atoms with E-state index in [1.165, 1.54) is 0 Å². The van der Waals surface area contributed by atoms with Gasteiger partial charge in [0.25, 0.3) is 0 Å². The van der Waals surface area contributed by atoms with Crippen molar-refractivity contribution in [1.82, 2.24) is 0 Å². The molecule has 1 aromatic heterocycles. The van der Waals surface area contributed by atoms with Crippen molar-refractivity contribution >= 4 is 17.9 Å². The number of rotatable bonds is 5. The van der Waals surface area contributed by atoms with Gasteiger partial charge in [0.1, 0.15) is 11.5 Å². The second-order valence-electron chi connectivity index (χ2n) is 4.79. The Morgan fingerprint density at radius 1 is 1.23 bits per heavy atom. The topological polar surface area (TPSA) is 61.0 Å². The maximum absolute atomic E-state index is 11.8. The van der Waals surface area contributed by atoms with Crippen molar-refractivity contribution in [1.29, 1.82) is 0 Å². The zero-order chi connectivity index (χ0) is 15.4. The molecule has 22 heavy (non-hydrogen) atoms. The molecule has 2 aromatic rings. The fourth-order valence-corrected chi connectivity index (χ4v) is 2.15. The molecule has 112 valence electrons. The van der Waals surface area contributed by atoms with Gasteiger partial charge in [-0.25, -0.2) is 9.79 Å². The predicted octanol–water partition coefficient (Wildman–Crippen LogP) is 3.22. The zero-order valence-corrected chi connectivity index (χ0v) is 12.1. The van der Waals surface area contributed by atoms with Crippen molar-refractivity contribution in [2.75, 3.05) is 7.11 Å². The molecule has 0 radical (unpaired) electrons. The summed E-state index contributed by atoms with van der Waals surface area (Å²) in [6.07, 6.45) is 4.38. The molecular formula is C17H15NO4. The summed E-state index contributed by atoms with van der Waals surface area (Å²) in [5.74, 6) is 1.36. The molecule has 5 nitrogen and oxygen atoms in total. The number of esters is 1. The molecule has 0 saturated heterocycles. The van der Waals surface area contributed by atoms with Gasteiger partial charge in [-0.15, -0.1) is 0 Å². The summed E-state index contributed by atoms with van der Waals surface area (Å²) in [5.41, 5.74) is 1.36. The number of aryl methyl sites for hydroxylation is 1. The van der Waals surface area contributed by atoms with Gasteiger partial charge >= 0.3 is 5.97 Å². The highest BCUT2D eigenvalue weighted by Crippen LogP contribution is 2.19. The van der Waals surface area contributed by atoms with Crippen LogP contribution in [0.3, 0.4) is 0 Å². The van der Waals surface area contributed by atoms with Gasteiger partial charge in [-0.05, 0) is 36.2 Å². The van der Waals surface area contributed by atoms with Gasteiger partial charge in [-0.2, -0.15) is 0 Å². The van der Waals surface area contributed by atoms with E-state index >= 15 is 0 Å². The number of hydrogen-bond acceptors (Lipinski definition) is 5. The molecule has 0 aliphatic carbocycles. The van der Waals surface area contributed by atoms with E-state index in [0.29, 0.717) is 18.1 Å². The van der Waals surface area contributed by atoms with Crippen LogP contribution in [0.5, 0.6) is 5.75 Å². The molecule has 5 heteroatoms. The van der Waals surface area contributed by atoms with E-state index in [2.05, 4.69) is 4.99 Å².